The molecule has 7 nitrogen and oxygen atoms in total. The van der Waals surface area contributed by atoms with Gasteiger partial charge in [0.1, 0.15) is 23.9 Å². The van der Waals surface area contributed by atoms with E-state index < -0.39 is 5.91 Å². The largest absolute Gasteiger partial charge is 0.492 e. The Morgan fingerprint density at radius 3 is 2.54 bits per heavy atom. The molecule has 0 spiro atoms. The van der Waals surface area contributed by atoms with Crippen molar-refractivity contribution >= 4 is 41.1 Å². The Labute approximate surface area is 171 Å². The molecule has 0 aliphatic heterocycles. The van der Waals surface area contributed by atoms with E-state index in [1.165, 1.54) is 18.5 Å². The van der Waals surface area contributed by atoms with Gasteiger partial charge in [-0.05, 0) is 30.3 Å². The fraction of sp³-hybridized carbons (Fsp3) is 0.158. The van der Waals surface area contributed by atoms with E-state index in [1.807, 2.05) is 0 Å². The van der Waals surface area contributed by atoms with Crippen LogP contribution in [0, 0.1) is 0 Å². The highest BCUT2D eigenvalue weighted by Crippen LogP contribution is 2.33. The first-order valence-corrected chi connectivity index (χ1v) is 8.91. The summed E-state index contributed by atoms with van der Waals surface area (Å²) in [5.74, 6) is 0.499. The topological polar surface area (TPSA) is 96.9 Å². The molecule has 9 heteroatoms. The minimum atomic E-state index is -0.684. The standard InChI is InChI=1S/C19H18Cl2N2O5/c1-12(24)22-8-9-27-14-4-2-13(3-7-19(25)23-26)18(11-14)28-15-5-6-16(20)17(21)10-15/h2-7,10-11,26H,8-9H2,1H3,(H,22,24)(H,23,25)/b7-3+. The zero-order chi connectivity index (χ0) is 20.5. The third-order valence-corrected chi connectivity index (χ3v) is 4.11. The van der Waals surface area contributed by atoms with Crippen LogP contribution in [0.5, 0.6) is 17.2 Å². The summed E-state index contributed by atoms with van der Waals surface area (Å²) in [5, 5.41) is 12.0. The molecule has 0 saturated carbocycles. The van der Waals surface area contributed by atoms with Crippen LogP contribution in [0.25, 0.3) is 6.08 Å². The second-order valence-electron chi connectivity index (χ2n) is 5.52. The SMILES string of the molecule is CC(=O)NCCOc1ccc(/C=C/C(=O)NO)c(Oc2ccc(Cl)c(Cl)c2)c1. The molecule has 2 amide bonds. The molecule has 0 fully saturated rings. The van der Waals surface area contributed by atoms with E-state index in [9.17, 15) is 9.59 Å². The second-order valence-corrected chi connectivity index (χ2v) is 6.33. The maximum atomic E-state index is 11.3. The van der Waals surface area contributed by atoms with Crippen LogP contribution >= 0.6 is 23.2 Å². The summed E-state index contributed by atoms with van der Waals surface area (Å²) in [5.41, 5.74) is 2.07. The molecule has 28 heavy (non-hydrogen) atoms. The number of benzene rings is 2. The number of rotatable bonds is 8. The maximum Gasteiger partial charge on any atom is 0.267 e. The summed E-state index contributed by atoms with van der Waals surface area (Å²) in [6, 6.07) is 9.80. The highest BCUT2D eigenvalue weighted by atomic mass is 35.5. The molecule has 0 aliphatic carbocycles. The molecule has 148 valence electrons. The number of amides is 2. The lowest BCUT2D eigenvalue weighted by Gasteiger charge is -2.13. The Morgan fingerprint density at radius 1 is 1.11 bits per heavy atom. The summed E-state index contributed by atoms with van der Waals surface area (Å²) in [6.07, 6.45) is 2.62. The molecule has 3 N–H and O–H groups in total. The lowest BCUT2D eigenvalue weighted by molar-refractivity contribution is -0.124. The normalized spacial score (nSPS) is 10.6. The summed E-state index contributed by atoms with van der Waals surface area (Å²) in [4.78, 5) is 22.1. The predicted molar refractivity (Wildman–Crippen MR) is 106 cm³/mol. The van der Waals surface area contributed by atoms with Gasteiger partial charge in [-0.15, -0.1) is 0 Å². The Bertz CT molecular complexity index is 887. The van der Waals surface area contributed by atoms with Gasteiger partial charge in [-0.2, -0.15) is 0 Å². The van der Waals surface area contributed by atoms with Gasteiger partial charge < -0.3 is 14.8 Å². The van der Waals surface area contributed by atoms with Crippen LogP contribution in [0.2, 0.25) is 10.0 Å². The minimum absolute atomic E-state index is 0.144. The molecule has 2 aromatic rings. The molecule has 0 radical (unpaired) electrons. The Balaban J connectivity index is 2.23. The Hall–Kier alpha value is -2.74. The van der Waals surface area contributed by atoms with E-state index >= 15 is 0 Å². The van der Waals surface area contributed by atoms with E-state index in [-0.39, 0.29) is 12.5 Å². The average molecular weight is 425 g/mol. The van der Waals surface area contributed by atoms with Gasteiger partial charge in [0.05, 0.1) is 16.6 Å². The van der Waals surface area contributed by atoms with Crippen LogP contribution in [0.1, 0.15) is 12.5 Å². The van der Waals surface area contributed by atoms with Gasteiger partial charge in [-0.1, -0.05) is 23.2 Å². The minimum Gasteiger partial charge on any atom is -0.492 e. The van der Waals surface area contributed by atoms with Crippen molar-refractivity contribution in [3.8, 4) is 17.2 Å². The van der Waals surface area contributed by atoms with Gasteiger partial charge in [0.2, 0.25) is 5.91 Å². The first kappa shape index (κ1) is 21.6. The number of halogens is 2. The van der Waals surface area contributed by atoms with Crippen LogP contribution in [-0.2, 0) is 9.59 Å². The third kappa shape index (κ3) is 6.77. The van der Waals surface area contributed by atoms with Crippen molar-refractivity contribution in [1.82, 2.24) is 10.8 Å². The summed E-state index contributed by atoms with van der Waals surface area (Å²) < 4.78 is 11.5. The third-order valence-electron chi connectivity index (χ3n) is 3.37. The Kier molecular flexibility index (Phi) is 8.13. The number of hydrogen-bond acceptors (Lipinski definition) is 5. The maximum absolute atomic E-state index is 11.3. The molecule has 0 bridgehead atoms. The molecular formula is C19H18Cl2N2O5. The number of carbonyl (C=O) groups excluding carboxylic acids is 2. The average Bonchev–Trinajstić information content (AvgIpc) is 2.67. The zero-order valence-corrected chi connectivity index (χ0v) is 16.4. The van der Waals surface area contributed by atoms with Crippen LogP contribution in [0.15, 0.2) is 42.5 Å². The molecule has 0 heterocycles. The summed E-state index contributed by atoms with van der Waals surface area (Å²) in [7, 11) is 0. The van der Waals surface area contributed by atoms with Gasteiger partial charge in [0, 0.05) is 30.7 Å². The molecule has 2 rings (SSSR count). The van der Waals surface area contributed by atoms with Crippen molar-refractivity contribution in [1.29, 1.82) is 0 Å². The zero-order valence-electron chi connectivity index (χ0n) is 14.9. The smallest absolute Gasteiger partial charge is 0.267 e. The van der Waals surface area contributed by atoms with Crippen molar-refractivity contribution in [2.75, 3.05) is 13.2 Å². The van der Waals surface area contributed by atoms with Gasteiger partial charge in [-0.3, -0.25) is 14.8 Å². The molecule has 0 aliphatic rings. The molecule has 0 unspecified atom stereocenters. The second kappa shape index (κ2) is 10.6. The quantitative estimate of drug-likeness (QED) is 0.259. The highest BCUT2D eigenvalue weighted by molar-refractivity contribution is 6.42. The van der Waals surface area contributed by atoms with Gasteiger partial charge >= 0.3 is 0 Å². The lowest BCUT2D eigenvalue weighted by atomic mass is 10.1. The first-order valence-electron chi connectivity index (χ1n) is 8.15. The van der Waals surface area contributed by atoms with Crippen molar-refractivity contribution in [3.63, 3.8) is 0 Å². The van der Waals surface area contributed by atoms with Crippen LogP contribution in [-0.4, -0.2) is 30.2 Å². The number of nitrogens with one attached hydrogen (secondary N) is 2. The summed E-state index contributed by atoms with van der Waals surface area (Å²) in [6.45, 7) is 2.05. The molecule has 0 atom stereocenters. The van der Waals surface area contributed by atoms with E-state index in [1.54, 1.807) is 36.4 Å². The number of carbonyl (C=O) groups is 2. The monoisotopic (exact) mass is 424 g/mol. The van der Waals surface area contributed by atoms with E-state index in [0.717, 1.165) is 6.08 Å². The van der Waals surface area contributed by atoms with Crippen molar-refractivity contribution < 1.29 is 24.3 Å². The van der Waals surface area contributed by atoms with Crippen LogP contribution in [0.3, 0.4) is 0 Å². The molecular weight excluding hydrogens is 407 g/mol. The number of hydrogen-bond donors (Lipinski definition) is 3. The fourth-order valence-electron chi connectivity index (χ4n) is 2.10. The summed E-state index contributed by atoms with van der Waals surface area (Å²) >= 11 is 11.9. The van der Waals surface area contributed by atoms with Crippen molar-refractivity contribution in [2.45, 2.75) is 6.92 Å². The van der Waals surface area contributed by atoms with Gasteiger partial charge in [0.15, 0.2) is 0 Å². The molecule has 2 aromatic carbocycles. The van der Waals surface area contributed by atoms with E-state index in [0.29, 0.717) is 39.4 Å². The van der Waals surface area contributed by atoms with E-state index in [4.69, 9.17) is 37.9 Å². The fourth-order valence-corrected chi connectivity index (χ4v) is 2.38. The van der Waals surface area contributed by atoms with Gasteiger partial charge in [-0.25, -0.2) is 5.48 Å². The number of hydroxylamine groups is 1. The lowest BCUT2D eigenvalue weighted by Crippen LogP contribution is -2.25. The number of ether oxygens (including phenoxy) is 2. The first-order chi connectivity index (χ1) is 13.4. The molecule has 0 saturated heterocycles. The molecule has 0 aromatic heterocycles. The highest BCUT2D eigenvalue weighted by Gasteiger charge is 2.08. The van der Waals surface area contributed by atoms with Crippen molar-refractivity contribution in [2.24, 2.45) is 0 Å². The van der Waals surface area contributed by atoms with Crippen LogP contribution in [0.4, 0.5) is 0 Å². The van der Waals surface area contributed by atoms with Crippen molar-refractivity contribution in [3.05, 3.63) is 58.1 Å². The van der Waals surface area contributed by atoms with E-state index in [2.05, 4.69) is 5.32 Å². The Morgan fingerprint density at radius 2 is 1.86 bits per heavy atom. The van der Waals surface area contributed by atoms with Crippen LogP contribution < -0.4 is 20.3 Å². The predicted octanol–water partition coefficient (Wildman–Crippen LogP) is 3.82. The van der Waals surface area contributed by atoms with Gasteiger partial charge in [0.25, 0.3) is 5.91 Å².